The third-order valence-electron chi connectivity index (χ3n) is 2.58. The van der Waals surface area contributed by atoms with Crippen LogP contribution < -0.4 is 0 Å². The fourth-order valence-corrected chi connectivity index (χ4v) is 1.98. The third kappa shape index (κ3) is 3.05. The first kappa shape index (κ1) is 14.2. The van der Waals surface area contributed by atoms with E-state index in [-0.39, 0.29) is 0 Å². The van der Waals surface area contributed by atoms with Gasteiger partial charge in [0.1, 0.15) is 11.8 Å². The largest absolute Gasteiger partial charge is 0.374 e. The Kier molecular flexibility index (Phi) is 4.39. The molecular formula is C12H14Cl2N4O. The van der Waals surface area contributed by atoms with Crippen LogP contribution in [0.2, 0.25) is 10.2 Å². The normalized spacial score (nSPS) is 11.0. The van der Waals surface area contributed by atoms with E-state index in [2.05, 4.69) is 15.1 Å². The Labute approximate surface area is 121 Å². The highest BCUT2D eigenvalue weighted by molar-refractivity contribution is 6.31. The highest BCUT2D eigenvalue weighted by atomic mass is 35.5. The van der Waals surface area contributed by atoms with Gasteiger partial charge in [-0.15, -0.1) is 0 Å². The van der Waals surface area contributed by atoms with Gasteiger partial charge in [0.15, 0.2) is 11.6 Å². The molecule has 0 aliphatic rings. The van der Waals surface area contributed by atoms with Crippen LogP contribution in [0.25, 0.3) is 5.82 Å². The van der Waals surface area contributed by atoms with Crippen LogP contribution in [0.5, 0.6) is 0 Å². The van der Waals surface area contributed by atoms with Crippen LogP contribution in [-0.2, 0) is 11.3 Å². The van der Waals surface area contributed by atoms with Gasteiger partial charge in [-0.3, -0.25) is 0 Å². The zero-order chi connectivity index (χ0) is 14.0. The summed E-state index contributed by atoms with van der Waals surface area (Å²) in [7, 11) is 0. The van der Waals surface area contributed by atoms with Crippen LogP contribution in [0.3, 0.4) is 0 Å². The van der Waals surface area contributed by atoms with Gasteiger partial charge in [-0.05, 0) is 20.8 Å². The number of halogens is 2. The molecule has 0 saturated heterocycles. The molecule has 102 valence electrons. The summed E-state index contributed by atoms with van der Waals surface area (Å²) in [5.74, 6) is 1.11. The van der Waals surface area contributed by atoms with E-state index in [9.17, 15) is 0 Å². The first-order valence-electron chi connectivity index (χ1n) is 5.86. The van der Waals surface area contributed by atoms with Gasteiger partial charge in [-0.25, -0.2) is 14.6 Å². The number of aryl methyl sites for hydroxylation is 1. The topological polar surface area (TPSA) is 52.8 Å². The predicted molar refractivity (Wildman–Crippen MR) is 74.0 cm³/mol. The molecule has 0 aromatic carbocycles. The van der Waals surface area contributed by atoms with Crippen molar-refractivity contribution >= 4 is 23.2 Å². The monoisotopic (exact) mass is 300 g/mol. The Bertz CT molecular complexity index is 598. The van der Waals surface area contributed by atoms with E-state index in [0.29, 0.717) is 35.0 Å². The third-order valence-corrected chi connectivity index (χ3v) is 3.32. The molecule has 7 heteroatoms. The second-order valence-electron chi connectivity index (χ2n) is 4.00. The Morgan fingerprint density at radius 2 is 2.00 bits per heavy atom. The molecule has 0 bridgehead atoms. The van der Waals surface area contributed by atoms with Crippen LogP contribution in [0.4, 0.5) is 0 Å². The van der Waals surface area contributed by atoms with Gasteiger partial charge in [0.05, 0.1) is 16.4 Å². The number of hydrogen-bond donors (Lipinski definition) is 0. The van der Waals surface area contributed by atoms with Crippen LogP contribution in [0.1, 0.15) is 24.1 Å². The molecule has 0 N–H and O–H groups in total. The van der Waals surface area contributed by atoms with Crippen LogP contribution in [0.15, 0.2) is 6.07 Å². The summed E-state index contributed by atoms with van der Waals surface area (Å²) in [5, 5.41) is 5.31. The van der Waals surface area contributed by atoms with Crippen molar-refractivity contribution in [3.05, 3.63) is 33.5 Å². The quantitative estimate of drug-likeness (QED) is 0.814. The van der Waals surface area contributed by atoms with Gasteiger partial charge in [-0.2, -0.15) is 5.10 Å². The smallest absolute Gasteiger partial charge is 0.159 e. The molecule has 0 saturated carbocycles. The molecule has 2 heterocycles. The van der Waals surface area contributed by atoms with Crippen molar-refractivity contribution < 1.29 is 4.74 Å². The molecule has 2 aromatic heterocycles. The number of hydrogen-bond acceptors (Lipinski definition) is 4. The summed E-state index contributed by atoms with van der Waals surface area (Å²) in [4.78, 5) is 8.49. The summed E-state index contributed by atoms with van der Waals surface area (Å²) in [6, 6.07) is 1.65. The predicted octanol–water partition coefficient (Wildman–Crippen LogP) is 3.12. The average molecular weight is 301 g/mol. The molecule has 19 heavy (non-hydrogen) atoms. The van der Waals surface area contributed by atoms with Gasteiger partial charge in [-0.1, -0.05) is 23.2 Å². The molecule has 5 nitrogen and oxygen atoms in total. The Morgan fingerprint density at radius 1 is 1.26 bits per heavy atom. The minimum atomic E-state index is 0.317. The van der Waals surface area contributed by atoms with Crippen molar-refractivity contribution in [1.29, 1.82) is 0 Å². The maximum Gasteiger partial charge on any atom is 0.159 e. The van der Waals surface area contributed by atoms with E-state index < -0.39 is 0 Å². The summed E-state index contributed by atoms with van der Waals surface area (Å²) in [5.41, 5.74) is 1.57. The summed E-state index contributed by atoms with van der Waals surface area (Å²) < 4.78 is 6.94. The first-order chi connectivity index (χ1) is 9.02. The molecule has 0 aliphatic heterocycles. The second-order valence-corrected chi connectivity index (χ2v) is 4.76. The number of ether oxygens (including phenoxy) is 1. The molecule has 0 amide bonds. The van der Waals surface area contributed by atoms with E-state index in [1.807, 2.05) is 20.8 Å². The molecule has 2 rings (SSSR count). The van der Waals surface area contributed by atoms with Gasteiger partial charge < -0.3 is 4.74 Å². The molecule has 0 atom stereocenters. The molecule has 0 aliphatic carbocycles. The van der Waals surface area contributed by atoms with E-state index in [1.165, 1.54) is 0 Å². The fourth-order valence-electron chi connectivity index (χ4n) is 1.66. The molecule has 0 spiro atoms. The van der Waals surface area contributed by atoms with Crippen molar-refractivity contribution in [3.63, 3.8) is 0 Å². The number of nitrogens with zero attached hydrogens (tertiary/aromatic N) is 4. The van der Waals surface area contributed by atoms with Gasteiger partial charge >= 0.3 is 0 Å². The lowest BCUT2D eigenvalue weighted by Gasteiger charge is -2.06. The van der Waals surface area contributed by atoms with Crippen molar-refractivity contribution in [1.82, 2.24) is 19.7 Å². The van der Waals surface area contributed by atoms with Crippen molar-refractivity contribution in [2.75, 3.05) is 6.61 Å². The van der Waals surface area contributed by atoms with Crippen LogP contribution in [0, 0.1) is 13.8 Å². The Hall–Kier alpha value is -1.17. The lowest BCUT2D eigenvalue weighted by atomic mass is 10.4. The average Bonchev–Trinajstić information content (AvgIpc) is 2.63. The van der Waals surface area contributed by atoms with E-state index >= 15 is 0 Å². The highest BCUT2D eigenvalue weighted by Crippen LogP contribution is 2.22. The molecule has 0 fully saturated rings. The zero-order valence-corrected chi connectivity index (χ0v) is 12.5. The van der Waals surface area contributed by atoms with E-state index in [4.69, 9.17) is 27.9 Å². The van der Waals surface area contributed by atoms with Crippen LogP contribution >= 0.6 is 23.2 Å². The standard InChI is InChI=1S/C12H14Cl2N4O/c1-4-19-6-10-15-9(13)5-11(16-10)18-8(3)12(14)7(2)17-18/h5H,4,6H2,1-3H3. The van der Waals surface area contributed by atoms with E-state index in [0.717, 1.165) is 11.4 Å². The minimum Gasteiger partial charge on any atom is -0.374 e. The fraction of sp³-hybridized carbons (Fsp3) is 0.417. The SMILES string of the molecule is CCOCc1nc(Cl)cc(-n2nc(C)c(Cl)c2C)n1. The summed E-state index contributed by atoms with van der Waals surface area (Å²) >= 11 is 12.1. The summed E-state index contributed by atoms with van der Waals surface area (Å²) in [6.45, 7) is 6.54. The highest BCUT2D eigenvalue weighted by Gasteiger charge is 2.13. The van der Waals surface area contributed by atoms with Gasteiger partial charge in [0.2, 0.25) is 0 Å². The lowest BCUT2D eigenvalue weighted by Crippen LogP contribution is -2.07. The van der Waals surface area contributed by atoms with Gasteiger partial charge in [0, 0.05) is 12.7 Å². The van der Waals surface area contributed by atoms with Crippen molar-refractivity contribution in [3.8, 4) is 5.82 Å². The van der Waals surface area contributed by atoms with Crippen LogP contribution in [-0.4, -0.2) is 26.4 Å². The maximum absolute atomic E-state index is 6.13. The number of aromatic nitrogens is 4. The summed E-state index contributed by atoms with van der Waals surface area (Å²) in [6.07, 6.45) is 0. The number of rotatable bonds is 4. The van der Waals surface area contributed by atoms with Crippen molar-refractivity contribution in [2.24, 2.45) is 0 Å². The first-order valence-corrected chi connectivity index (χ1v) is 6.61. The van der Waals surface area contributed by atoms with Gasteiger partial charge in [0.25, 0.3) is 0 Å². The van der Waals surface area contributed by atoms with Crippen molar-refractivity contribution in [2.45, 2.75) is 27.4 Å². The molecule has 0 unspecified atom stereocenters. The molecule has 2 aromatic rings. The Morgan fingerprint density at radius 3 is 2.58 bits per heavy atom. The minimum absolute atomic E-state index is 0.317. The molecular weight excluding hydrogens is 287 g/mol. The second kappa shape index (κ2) is 5.86. The van der Waals surface area contributed by atoms with E-state index in [1.54, 1.807) is 10.7 Å². The maximum atomic E-state index is 6.13. The lowest BCUT2D eigenvalue weighted by molar-refractivity contribution is 0.128. The molecule has 0 radical (unpaired) electrons. The Balaban J connectivity index is 2.43. The zero-order valence-electron chi connectivity index (χ0n) is 10.9.